The van der Waals surface area contributed by atoms with Gasteiger partial charge in [-0.1, -0.05) is 35.0 Å². The van der Waals surface area contributed by atoms with Crippen LogP contribution in [0, 0.1) is 0 Å². The molecule has 0 aliphatic rings. The van der Waals surface area contributed by atoms with Gasteiger partial charge in [-0.15, -0.1) is 0 Å². The summed E-state index contributed by atoms with van der Waals surface area (Å²) in [6, 6.07) is 15.5. The molecule has 1 N–H and O–H groups in total. The first-order valence-electron chi connectivity index (χ1n) is 7.51. The fraction of sp³-hybridized carbons (Fsp3) is 0.278. The molecular weight excluding hydrogens is 356 g/mol. The number of halogens is 1. The summed E-state index contributed by atoms with van der Waals surface area (Å²) >= 11 is 3.43. The Hall–Kier alpha value is -1.85. The number of nitrogens with one attached hydrogen (secondary N) is 1. The van der Waals surface area contributed by atoms with Gasteiger partial charge in [0.2, 0.25) is 5.91 Å². The Labute approximate surface area is 145 Å². The summed E-state index contributed by atoms with van der Waals surface area (Å²) in [7, 11) is 1.62. The quantitative estimate of drug-likeness (QED) is 0.795. The van der Waals surface area contributed by atoms with E-state index in [0.717, 1.165) is 29.0 Å². The summed E-state index contributed by atoms with van der Waals surface area (Å²) in [5.74, 6) is 0.752. The van der Waals surface area contributed by atoms with Crippen LogP contribution in [0.15, 0.2) is 53.0 Å². The van der Waals surface area contributed by atoms with Crippen LogP contribution in [0.1, 0.15) is 12.5 Å². The maximum Gasteiger partial charge on any atom is 0.238 e. The van der Waals surface area contributed by atoms with Gasteiger partial charge in [0.05, 0.1) is 13.7 Å². The second kappa shape index (κ2) is 8.70. The minimum absolute atomic E-state index is 0.0193. The molecule has 0 aliphatic carbocycles. The van der Waals surface area contributed by atoms with E-state index in [0.29, 0.717) is 6.54 Å². The highest BCUT2D eigenvalue weighted by atomic mass is 79.9. The molecule has 2 aromatic carbocycles. The van der Waals surface area contributed by atoms with Crippen LogP contribution in [-0.2, 0) is 11.3 Å². The van der Waals surface area contributed by atoms with Gasteiger partial charge in [0.15, 0.2) is 0 Å². The summed E-state index contributed by atoms with van der Waals surface area (Å²) in [6.45, 7) is 3.98. The largest absolute Gasteiger partial charge is 0.497 e. The molecule has 0 atom stereocenters. The topological polar surface area (TPSA) is 41.6 Å². The SMILES string of the molecule is CCN(CC(=O)Nc1ccc(OC)cc1)Cc1ccc(Br)cc1. The van der Waals surface area contributed by atoms with Crippen LogP contribution in [0.25, 0.3) is 0 Å². The van der Waals surface area contributed by atoms with Crippen LogP contribution in [-0.4, -0.2) is 31.0 Å². The van der Waals surface area contributed by atoms with E-state index in [1.54, 1.807) is 7.11 Å². The van der Waals surface area contributed by atoms with Gasteiger partial charge < -0.3 is 10.1 Å². The van der Waals surface area contributed by atoms with Crippen molar-refractivity contribution >= 4 is 27.5 Å². The van der Waals surface area contributed by atoms with Gasteiger partial charge >= 0.3 is 0 Å². The summed E-state index contributed by atoms with van der Waals surface area (Å²) in [5, 5.41) is 2.91. The Morgan fingerprint density at radius 3 is 2.35 bits per heavy atom. The molecule has 23 heavy (non-hydrogen) atoms. The van der Waals surface area contributed by atoms with Crippen LogP contribution in [0.5, 0.6) is 5.75 Å². The zero-order chi connectivity index (χ0) is 16.7. The number of methoxy groups -OCH3 is 1. The molecule has 4 nitrogen and oxygen atoms in total. The highest BCUT2D eigenvalue weighted by Gasteiger charge is 2.10. The third kappa shape index (κ3) is 5.69. The number of anilines is 1. The molecule has 0 saturated heterocycles. The minimum Gasteiger partial charge on any atom is -0.497 e. The Morgan fingerprint density at radius 2 is 1.78 bits per heavy atom. The van der Waals surface area contributed by atoms with Gasteiger partial charge in [-0.25, -0.2) is 0 Å². The number of rotatable bonds is 7. The zero-order valence-corrected chi connectivity index (χ0v) is 15.0. The van der Waals surface area contributed by atoms with Crippen LogP contribution >= 0.6 is 15.9 Å². The van der Waals surface area contributed by atoms with Crippen LogP contribution in [0.3, 0.4) is 0 Å². The molecule has 5 heteroatoms. The molecule has 2 aromatic rings. The molecule has 0 saturated carbocycles. The summed E-state index contributed by atoms with van der Waals surface area (Å²) in [4.78, 5) is 14.3. The third-order valence-electron chi connectivity index (χ3n) is 3.51. The standard InChI is InChI=1S/C18H21BrN2O2/c1-3-21(12-14-4-6-15(19)7-5-14)13-18(22)20-16-8-10-17(23-2)11-9-16/h4-11H,3,12-13H2,1-2H3,(H,20,22). The summed E-state index contributed by atoms with van der Waals surface area (Å²) < 4.78 is 6.16. The van der Waals surface area contributed by atoms with E-state index in [4.69, 9.17) is 4.74 Å². The van der Waals surface area contributed by atoms with Crippen LogP contribution in [0.4, 0.5) is 5.69 Å². The van der Waals surface area contributed by atoms with Crippen LogP contribution in [0.2, 0.25) is 0 Å². The lowest BCUT2D eigenvalue weighted by Crippen LogP contribution is -2.32. The van der Waals surface area contributed by atoms with Gasteiger partial charge in [0.25, 0.3) is 0 Å². The Morgan fingerprint density at radius 1 is 1.13 bits per heavy atom. The molecule has 0 aromatic heterocycles. The number of carbonyl (C=O) groups is 1. The monoisotopic (exact) mass is 376 g/mol. The maximum absolute atomic E-state index is 12.2. The molecule has 2 rings (SSSR count). The Bertz CT molecular complexity index is 626. The van der Waals surface area contributed by atoms with E-state index in [2.05, 4.69) is 45.2 Å². The minimum atomic E-state index is -0.0193. The van der Waals surface area contributed by atoms with Crippen molar-refractivity contribution in [3.63, 3.8) is 0 Å². The highest BCUT2D eigenvalue weighted by molar-refractivity contribution is 9.10. The predicted octanol–water partition coefficient (Wildman–Crippen LogP) is 3.92. The highest BCUT2D eigenvalue weighted by Crippen LogP contribution is 2.15. The average Bonchev–Trinajstić information content (AvgIpc) is 2.57. The van der Waals surface area contributed by atoms with Gasteiger partial charge in [-0.05, 0) is 48.5 Å². The van der Waals surface area contributed by atoms with Crippen molar-refractivity contribution in [3.8, 4) is 5.75 Å². The normalized spacial score (nSPS) is 10.6. The first-order chi connectivity index (χ1) is 11.1. The number of amides is 1. The first kappa shape index (κ1) is 17.5. The number of nitrogens with zero attached hydrogens (tertiary/aromatic N) is 1. The third-order valence-corrected chi connectivity index (χ3v) is 4.04. The summed E-state index contributed by atoms with van der Waals surface area (Å²) in [6.07, 6.45) is 0. The molecule has 0 spiro atoms. The molecule has 1 amide bonds. The second-order valence-corrected chi connectivity index (χ2v) is 6.12. The molecular formula is C18H21BrN2O2. The maximum atomic E-state index is 12.2. The van der Waals surface area contributed by atoms with Crippen molar-refractivity contribution in [3.05, 3.63) is 58.6 Å². The first-order valence-corrected chi connectivity index (χ1v) is 8.30. The number of ether oxygens (including phenoxy) is 1. The van der Waals surface area contributed by atoms with Crippen molar-refractivity contribution in [2.75, 3.05) is 25.5 Å². The van der Waals surface area contributed by atoms with Crippen molar-refractivity contribution < 1.29 is 9.53 Å². The van der Waals surface area contributed by atoms with E-state index in [9.17, 15) is 4.79 Å². The zero-order valence-electron chi connectivity index (χ0n) is 13.4. The van der Waals surface area contributed by atoms with Crippen molar-refractivity contribution in [1.29, 1.82) is 0 Å². The fourth-order valence-electron chi connectivity index (χ4n) is 2.21. The molecule has 0 fully saturated rings. The van der Waals surface area contributed by atoms with E-state index in [1.165, 1.54) is 5.56 Å². The van der Waals surface area contributed by atoms with E-state index < -0.39 is 0 Å². The lowest BCUT2D eigenvalue weighted by molar-refractivity contribution is -0.117. The number of hydrogen-bond donors (Lipinski definition) is 1. The van der Waals surface area contributed by atoms with Gasteiger partial charge in [0.1, 0.15) is 5.75 Å². The molecule has 0 aliphatic heterocycles. The molecule has 0 unspecified atom stereocenters. The lowest BCUT2D eigenvalue weighted by atomic mass is 10.2. The molecule has 0 radical (unpaired) electrons. The molecule has 0 heterocycles. The number of carbonyl (C=O) groups excluding carboxylic acids is 1. The van der Waals surface area contributed by atoms with Crippen molar-refractivity contribution in [2.24, 2.45) is 0 Å². The van der Waals surface area contributed by atoms with Crippen molar-refractivity contribution in [2.45, 2.75) is 13.5 Å². The van der Waals surface area contributed by atoms with Crippen molar-refractivity contribution in [1.82, 2.24) is 4.90 Å². The number of benzene rings is 2. The summed E-state index contributed by atoms with van der Waals surface area (Å²) in [5.41, 5.74) is 1.96. The Balaban J connectivity index is 1.89. The average molecular weight is 377 g/mol. The van der Waals surface area contributed by atoms with E-state index in [-0.39, 0.29) is 5.91 Å². The number of likely N-dealkylation sites (N-methyl/N-ethyl adjacent to an activating group) is 1. The predicted molar refractivity (Wildman–Crippen MR) is 96.7 cm³/mol. The molecule has 0 bridgehead atoms. The molecule has 122 valence electrons. The van der Waals surface area contributed by atoms with Gasteiger partial charge in [0, 0.05) is 16.7 Å². The Kier molecular flexibility index (Phi) is 6.62. The van der Waals surface area contributed by atoms with E-state index >= 15 is 0 Å². The van der Waals surface area contributed by atoms with E-state index in [1.807, 2.05) is 36.4 Å². The lowest BCUT2D eigenvalue weighted by Gasteiger charge is -2.20. The van der Waals surface area contributed by atoms with Gasteiger partial charge in [-0.3, -0.25) is 9.69 Å². The number of hydrogen-bond acceptors (Lipinski definition) is 3. The van der Waals surface area contributed by atoms with Gasteiger partial charge in [-0.2, -0.15) is 0 Å². The fourth-order valence-corrected chi connectivity index (χ4v) is 2.47. The van der Waals surface area contributed by atoms with Crippen LogP contribution < -0.4 is 10.1 Å². The smallest absolute Gasteiger partial charge is 0.238 e. The second-order valence-electron chi connectivity index (χ2n) is 5.21.